The maximum absolute atomic E-state index is 12.1. The number of hydrogen-bond donors (Lipinski definition) is 0. The molecule has 0 amide bonds. The van der Waals surface area contributed by atoms with E-state index in [2.05, 4.69) is 4.99 Å². The molecule has 1 aliphatic rings. The standard InChI is InChI=1S/C18H13ClN2O6/c1-25-12-5-3-10(16(9-12)26-2)7-14-18(22)27-17(20-14)11-4-6-13(19)15(8-11)21(23)24/h3-9H,1-2H3/b14-7+. The number of halogens is 1. The summed E-state index contributed by atoms with van der Waals surface area (Å²) in [4.78, 5) is 26.7. The zero-order valence-corrected chi connectivity index (χ0v) is 15.0. The Labute approximate surface area is 158 Å². The first-order valence-corrected chi connectivity index (χ1v) is 7.99. The van der Waals surface area contributed by atoms with E-state index in [1.165, 1.54) is 38.5 Å². The van der Waals surface area contributed by atoms with Crippen molar-refractivity contribution >= 4 is 35.2 Å². The van der Waals surface area contributed by atoms with Crippen LogP contribution in [0.2, 0.25) is 5.02 Å². The van der Waals surface area contributed by atoms with E-state index in [0.717, 1.165) is 0 Å². The van der Waals surface area contributed by atoms with Gasteiger partial charge in [-0.25, -0.2) is 9.79 Å². The molecule has 0 saturated carbocycles. The number of carbonyl (C=O) groups excluding carboxylic acids is 1. The molecule has 3 rings (SSSR count). The molecule has 0 radical (unpaired) electrons. The third-order valence-electron chi connectivity index (χ3n) is 3.74. The molecular formula is C18H13ClN2O6. The normalized spacial score (nSPS) is 14.7. The van der Waals surface area contributed by atoms with Gasteiger partial charge in [-0.2, -0.15) is 0 Å². The third kappa shape index (κ3) is 3.75. The van der Waals surface area contributed by atoms with Crippen LogP contribution in [0.25, 0.3) is 6.08 Å². The number of ether oxygens (including phenoxy) is 3. The van der Waals surface area contributed by atoms with Crippen LogP contribution < -0.4 is 9.47 Å². The van der Waals surface area contributed by atoms with Gasteiger partial charge in [0.15, 0.2) is 5.70 Å². The Morgan fingerprint density at radius 1 is 1.19 bits per heavy atom. The molecule has 0 aromatic heterocycles. The molecule has 0 unspecified atom stereocenters. The van der Waals surface area contributed by atoms with Crippen LogP contribution in [0.1, 0.15) is 11.1 Å². The lowest BCUT2D eigenvalue weighted by Gasteiger charge is -2.07. The molecule has 27 heavy (non-hydrogen) atoms. The van der Waals surface area contributed by atoms with E-state index in [4.69, 9.17) is 25.8 Å². The quantitative estimate of drug-likeness (QED) is 0.335. The van der Waals surface area contributed by atoms with Gasteiger partial charge in [-0.1, -0.05) is 11.6 Å². The molecule has 1 aliphatic heterocycles. The summed E-state index contributed by atoms with van der Waals surface area (Å²) >= 11 is 5.80. The topological polar surface area (TPSA) is 100 Å². The van der Waals surface area contributed by atoms with Gasteiger partial charge in [-0.05, 0) is 30.3 Å². The van der Waals surface area contributed by atoms with Crippen molar-refractivity contribution in [2.24, 2.45) is 4.99 Å². The van der Waals surface area contributed by atoms with Crippen LogP contribution in [0.5, 0.6) is 11.5 Å². The Morgan fingerprint density at radius 3 is 2.63 bits per heavy atom. The van der Waals surface area contributed by atoms with E-state index in [1.807, 2.05) is 0 Å². The van der Waals surface area contributed by atoms with Crippen molar-refractivity contribution < 1.29 is 23.9 Å². The zero-order valence-electron chi connectivity index (χ0n) is 14.3. The van der Waals surface area contributed by atoms with Gasteiger partial charge in [0, 0.05) is 23.3 Å². The molecule has 0 atom stereocenters. The summed E-state index contributed by atoms with van der Waals surface area (Å²) in [7, 11) is 3.02. The van der Waals surface area contributed by atoms with E-state index in [-0.39, 0.29) is 27.9 Å². The predicted octanol–water partition coefficient (Wildman–Crippen LogP) is 3.61. The largest absolute Gasteiger partial charge is 0.497 e. The molecular weight excluding hydrogens is 376 g/mol. The summed E-state index contributed by atoms with van der Waals surface area (Å²) in [6, 6.07) is 9.12. The summed E-state index contributed by atoms with van der Waals surface area (Å²) in [6.45, 7) is 0. The van der Waals surface area contributed by atoms with Gasteiger partial charge in [0.05, 0.1) is 19.1 Å². The Morgan fingerprint density at radius 2 is 1.96 bits per heavy atom. The highest BCUT2D eigenvalue weighted by Gasteiger charge is 2.26. The van der Waals surface area contributed by atoms with Crippen LogP contribution in [-0.4, -0.2) is 31.0 Å². The number of nitrogens with zero attached hydrogens (tertiary/aromatic N) is 2. The van der Waals surface area contributed by atoms with Crippen molar-refractivity contribution in [1.29, 1.82) is 0 Å². The van der Waals surface area contributed by atoms with Crippen LogP contribution >= 0.6 is 11.6 Å². The lowest BCUT2D eigenvalue weighted by atomic mass is 10.1. The Kier molecular flexibility index (Phi) is 5.09. The fourth-order valence-corrected chi connectivity index (χ4v) is 2.59. The molecule has 0 N–H and O–H groups in total. The van der Waals surface area contributed by atoms with Crippen LogP contribution in [-0.2, 0) is 9.53 Å². The first-order valence-electron chi connectivity index (χ1n) is 7.62. The number of esters is 1. The summed E-state index contributed by atoms with van der Waals surface area (Å²) in [5.41, 5.74) is 0.593. The summed E-state index contributed by atoms with van der Waals surface area (Å²) in [5.74, 6) is 0.361. The molecule has 8 nitrogen and oxygen atoms in total. The van der Waals surface area contributed by atoms with E-state index in [0.29, 0.717) is 17.1 Å². The molecule has 138 valence electrons. The number of nitro groups is 1. The number of benzene rings is 2. The number of hydrogen-bond acceptors (Lipinski definition) is 7. The van der Waals surface area contributed by atoms with Crippen molar-refractivity contribution in [3.8, 4) is 11.5 Å². The Bertz CT molecular complexity index is 999. The summed E-state index contributed by atoms with van der Waals surface area (Å²) in [6.07, 6.45) is 1.50. The number of aliphatic imine (C=N–C) groups is 1. The molecule has 9 heteroatoms. The summed E-state index contributed by atoms with van der Waals surface area (Å²) in [5, 5.41) is 11.0. The lowest BCUT2D eigenvalue weighted by Crippen LogP contribution is -2.06. The minimum Gasteiger partial charge on any atom is -0.497 e. The van der Waals surface area contributed by atoms with Crippen LogP contribution in [0.15, 0.2) is 47.1 Å². The van der Waals surface area contributed by atoms with E-state index in [1.54, 1.807) is 18.2 Å². The van der Waals surface area contributed by atoms with Crippen LogP contribution in [0.4, 0.5) is 5.69 Å². The molecule has 2 aromatic carbocycles. The van der Waals surface area contributed by atoms with Gasteiger partial charge in [0.25, 0.3) is 5.69 Å². The van der Waals surface area contributed by atoms with Gasteiger partial charge in [-0.15, -0.1) is 0 Å². The first kappa shape index (κ1) is 18.4. The molecule has 0 fully saturated rings. The Hall–Kier alpha value is -3.39. The van der Waals surface area contributed by atoms with Crippen molar-refractivity contribution in [3.63, 3.8) is 0 Å². The number of cyclic esters (lactones) is 1. The van der Waals surface area contributed by atoms with E-state index >= 15 is 0 Å². The average molecular weight is 389 g/mol. The fourth-order valence-electron chi connectivity index (χ4n) is 2.40. The van der Waals surface area contributed by atoms with Crippen LogP contribution in [0, 0.1) is 10.1 Å². The molecule has 1 heterocycles. The second-order valence-corrected chi connectivity index (χ2v) is 5.77. The summed E-state index contributed by atoms with van der Waals surface area (Å²) < 4.78 is 15.6. The second-order valence-electron chi connectivity index (χ2n) is 5.37. The minimum atomic E-state index is -0.680. The number of nitro benzene ring substituents is 1. The van der Waals surface area contributed by atoms with Crippen molar-refractivity contribution in [2.45, 2.75) is 0 Å². The van der Waals surface area contributed by atoms with E-state index in [9.17, 15) is 14.9 Å². The smallest absolute Gasteiger partial charge is 0.363 e. The predicted molar refractivity (Wildman–Crippen MR) is 98.3 cm³/mol. The number of rotatable bonds is 5. The molecule has 0 spiro atoms. The van der Waals surface area contributed by atoms with Gasteiger partial charge in [-0.3, -0.25) is 10.1 Å². The minimum absolute atomic E-state index is 0.0209. The van der Waals surface area contributed by atoms with E-state index < -0.39 is 10.9 Å². The third-order valence-corrected chi connectivity index (χ3v) is 4.06. The van der Waals surface area contributed by atoms with Gasteiger partial charge in [0.1, 0.15) is 16.5 Å². The molecule has 0 aliphatic carbocycles. The number of methoxy groups -OCH3 is 2. The fraction of sp³-hybridized carbons (Fsp3) is 0.111. The zero-order chi connectivity index (χ0) is 19.6. The van der Waals surface area contributed by atoms with Crippen molar-refractivity contribution in [3.05, 3.63) is 68.4 Å². The monoisotopic (exact) mass is 388 g/mol. The molecule has 0 saturated heterocycles. The average Bonchev–Trinajstić information content (AvgIpc) is 3.02. The van der Waals surface area contributed by atoms with Gasteiger partial charge < -0.3 is 14.2 Å². The first-order chi connectivity index (χ1) is 12.9. The van der Waals surface area contributed by atoms with Gasteiger partial charge in [0.2, 0.25) is 5.90 Å². The highest BCUT2D eigenvalue weighted by atomic mass is 35.5. The van der Waals surface area contributed by atoms with Gasteiger partial charge >= 0.3 is 5.97 Å². The lowest BCUT2D eigenvalue weighted by molar-refractivity contribution is -0.384. The van der Waals surface area contributed by atoms with Crippen LogP contribution in [0.3, 0.4) is 0 Å². The molecule has 2 aromatic rings. The Balaban J connectivity index is 1.99. The SMILES string of the molecule is COc1ccc(/C=C2/N=C(c3ccc(Cl)c([N+](=O)[O-])c3)OC2=O)c(OC)c1. The highest BCUT2D eigenvalue weighted by Crippen LogP contribution is 2.30. The van der Waals surface area contributed by atoms with Crippen molar-refractivity contribution in [2.75, 3.05) is 14.2 Å². The second kappa shape index (κ2) is 7.46. The maximum atomic E-state index is 12.1. The number of carbonyl (C=O) groups is 1. The molecule has 0 bridgehead atoms. The highest BCUT2D eigenvalue weighted by molar-refractivity contribution is 6.32. The van der Waals surface area contributed by atoms with Crippen molar-refractivity contribution in [1.82, 2.24) is 0 Å². The maximum Gasteiger partial charge on any atom is 0.363 e.